The lowest BCUT2D eigenvalue weighted by Crippen LogP contribution is -2.30. The van der Waals surface area contributed by atoms with Gasteiger partial charge in [-0.05, 0) is 96.8 Å². The molecule has 3 amide bonds. The molecule has 236 valence electrons. The molecule has 47 heavy (non-hydrogen) atoms. The van der Waals surface area contributed by atoms with Crippen LogP contribution in [0.25, 0.3) is 6.08 Å². The lowest BCUT2D eigenvalue weighted by Gasteiger charge is -2.18. The van der Waals surface area contributed by atoms with Crippen LogP contribution in [-0.2, 0) is 9.59 Å². The van der Waals surface area contributed by atoms with Crippen LogP contribution in [0.1, 0.15) is 37.9 Å². The lowest BCUT2D eigenvalue weighted by molar-refractivity contribution is -0.116. The van der Waals surface area contributed by atoms with E-state index in [4.69, 9.17) is 23.2 Å². The van der Waals surface area contributed by atoms with Crippen molar-refractivity contribution in [1.82, 2.24) is 5.32 Å². The summed E-state index contributed by atoms with van der Waals surface area (Å²) in [5.74, 6) is -1.19. The Labute approximate surface area is 288 Å². The molecule has 0 aliphatic rings. The zero-order valence-corrected chi connectivity index (χ0v) is 27.9. The number of aryl methyl sites for hydroxylation is 2. The first kappa shape index (κ1) is 33.5. The molecule has 1 unspecified atom stereocenters. The van der Waals surface area contributed by atoms with Crippen molar-refractivity contribution >= 4 is 70.1 Å². The van der Waals surface area contributed by atoms with Gasteiger partial charge in [0.1, 0.15) is 10.9 Å². The van der Waals surface area contributed by atoms with Gasteiger partial charge in [0, 0.05) is 31.9 Å². The average Bonchev–Trinajstić information content (AvgIpc) is 3.07. The zero-order chi connectivity index (χ0) is 33.3. The summed E-state index contributed by atoms with van der Waals surface area (Å²) in [6.45, 7) is 4.03. The van der Waals surface area contributed by atoms with Gasteiger partial charge in [0.05, 0.1) is 0 Å². The normalized spacial score (nSPS) is 11.8. The van der Waals surface area contributed by atoms with Gasteiger partial charge in [-0.15, -0.1) is 11.8 Å². The van der Waals surface area contributed by atoms with Gasteiger partial charge in [-0.3, -0.25) is 14.4 Å². The van der Waals surface area contributed by atoms with E-state index >= 15 is 0 Å². The first-order valence-corrected chi connectivity index (χ1v) is 16.3. The molecule has 0 spiro atoms. The fourth-order valence-corrected chi connectivity index (χ4v) is 6.17. The Kier molecular flexibility index (Phi) is 11.2. The topological polar surface area (TPSA) is 87.3 Å². The molecule has 0 aliphatic carbocycles. The summed E-state index contributed by atoms with van der Waals surface area (Å²) in [6.07, 6.45) is 1.50. The van der Waals surface area contributed by atoms with Gasteiger partial charge in [-0.2, -0.15) is 0 Å². The van der Waals surface area contributed by atoms with E-state index in [0.717, 1.165) is 27.3 Å². The minimum absolute atomic E-state index is 0.0175. The summed E-state index contributed by atoms with van der Waals surface area (Å²) in [5, 5.41) is 8.84. The van der Waals surface area contributed by atoms with Gasteiger partial charge >= 0.3 is 0 Å². The Morgan fingerprint density at radius 3 is 2.11 bits per heavy atom. The highest BCUT2D eigenvalue weighted by Gasteiger charge is 2.23. The van der Waals surface area contributed by atoms with E-state index in [1.54, 1.807) is 66.7 Å². The second-order valence-electron chi connectivity index (χ2n) is 10.7. The van der Waals surface area contributed by atoms with Gasteiger partial charge in [-0.1, -0.05) is 89.9 Å². The Hall–Kier alpha value is -4.82. The van der Waals surface area contributed by atoms with Crippen LogP contribution in [0, 0.1) is 13.8 Å². The molecule has 1 atom stereocenters. The second kappa shape index (κ2) is 15.6. The number of hydrogen-bond donors (Lipinski definition) is 3. The quantitative estimate of drug-likeness (QED) is 0.101. The molecule has 0 radical (unpaired) electrons. The second-order valence-corrected chi connectivity index (χ2v) is 12.7. The smallest absolute Gasteiger partial charge is 0.272 e. The summed E-state index contributed by atoms with van der Waals surface area (Å²) in [7, 11) is 0. The van der Waals surface area contributed by atoms with Crippen molar-refractivity contribution in [2.75, 3.05) is 10.6 Å². The van der Waals surface area contributed by atoms with Crippen molar-refractivity contribution in [2.45, 2.75) is 24.0 Å². The maximum Gasteiger partial charge on any atom is 0.272 e. The fraction of sp³-hybridized carbons (Fsp3) is 0.0789. The number of carbonyl (C=O) groups is 3. The van der Waals surface area contributed by atoms with E-state index in [0.29, 0.717) is 26.9 Å². The third kappa shape index (κ3) is 9.14. The van der Waals surface area contributed by atoms with Crippen LogP contribution in [0.15, 0.2) is 132 Å². The van der Waals surface area contributed by atoms with Crippen molar-refractivity contribution < 1.29 is 14.4 Å². The van der Waals surface area contributed by atoms with Crippen LogP contribution >= 0.6 is 35.0 Å². The van der Waals surface area contributed by atoms with E-state index in [1.165, 1.54) is 17.8 Å². The molecular weight excluding hydrogens is 649 g/mol. The van der Waals surface area contributed by atoms with Crippen LogP contribution in [0.2, 0.25) is 10.0 Å². The van der Waals surface area contributed by atoms with Crippen LogP contribution in [-0.4, -0.2) is 17.7 Å². The number of nitrogens with one attached hydrogen (secondary N) is 3. The van der Waals surface area contributed by atoms with E-state index in [9.17, 15) is 14.4 Å². The van der Waals surface area contributed by atoms with Crippen LogP contribution < -0.4 is 16.0 Å². The Bertz CT molecular complexity index is 1950. The number of carbonyl (C=O) groups excluding carboxylic acids is 3. The lowest BCUT2D eigenvalue weighted by atomic mass is 10.1. The maximum absolute atomic E-state index is 13.6. The molecule has 0 bridgehead atoms. The summed E-state index contributed by atoms with van der Waals surface area (Å²) in [4.78, 5) is 41.1. The molecule has 0 aliphatic heterocycles. The predicted octanol–water partition coefficient (Wildman–Crippen LogP) is 9.49. The molecule has 3 N–H and O–H groups in total. The van der Waals surface area contributed by atoms with Crippen molar-refractivity contribution in [3.05, 3.63) is 165 Å². The summed E-state index contributed by atoms with van der Waals surface area (Å²) in [6, 6.07) is 36.0. The van der Waals surface area contributed by atoms with Crippen molar-refractivity contribution in [1.29, 1.82) is 0 Å². The highest BCUT2D eigenvalue weighted by Crippen LogP contribution is 2.37. The highest BCUT2D eigenvalue weighted by atomic mass is 35.5. The molecule has 6 nitrogen and oxygen atoms in total. The zero-order valence-electron chi connectivity index (χ0n) is 25.6. The number of anilines is 2. The first-order chi connectivity index (χ1) is 22.7. The van der Waals surface area contributed by atoms with Gasteiger partial charge in [0.2, 0.25) is 5.91 Å². The molecule has 0 fully saturated rings. The van der Waals surface area contributed by atoms with Crippen LogP contribution in [0.4, 0.5) is 11.4 Å². The number of hydrogen-bond acceptors (Lipinski definition) is 4. The van der Waals surface area contributed by atoms with Crippen molar-refractivity contribution in [3.8, 4) is 0 Å². The van der Waals surface area contributed by atoms with Crippen molar-refractivity contribution in [2.24, 2.45) is 0 Å². The summed E-state index contributed by atoms with van der Waals surface area (Å²) < 4.78 is 0. The number of benzene rings is 5. The van der Waals surface area contributed by atoms with Gasteiger partial charge in [0.15, 0.2) is 0 Å². The highest BCUT2D eigenvalue weighted by molar-refractivity contribution is 8.00. The largest absolute Gasteiger partial charge is 0.325 e. The Balaban J connectivity index is 1.39. The minimum atomic E-state index is -0.573. The molecule has 5 rings (SSSR count). The van der Waals surface area contributed by atoms with Gasteiger partial charge < -0.3 is 16.0 Å². The standard InChI is InChI=1S/C38H31Cl2N3O3S/c1-24-16-19-31(20-25(24)2)42-38(46)35(26-10-5-3-6-11-26)47-32-15-9-14-30(23-32)41-37(45)34(21-28-17-18-29(39)22-33(28)40)43-36(44)27-12-7-4-8-13-27/h3-23,35H,1-2H3,(H,41,45)(H,42,46)(H,43,44)/b34-21+. The molecule has 0 saturated heterocycles. The van der Waals surface area contributed by atoms with E-state index in [1.807, 2.05) is 68.4 Å². The number of thioether (sulfide) groups is 1. The average molecular weight is 681 g/mol. The van der Waals surface area contributed by atoms with E-state index < -0.39 is 17.1 Å². The Morgan fingerprint density at radius 2 is 1.40 bits per heavy atom. The first-order valence-electron chi connectivity index (χ1n) is 14.7. The minimum Gasteiger partial charge on any atom is -0.325 e. The molecular formula is C38H31Cl2N3O3S. The third-order valence-corrected chi connectivity index (χ3v) is 9.06. The SMILES string of the molecule is Cc1ccc(NC(=O)C(Sc2cccc(NC(=O)/C(=C\c3ccc(Cl)cc3Cl)NC(=O)c3ccccc3)c2)c2ccccc2)cc1C. The Morgan fingerprint density at radius 1 is 0.702 bits per heavy atom. The van der Waals surface area contributed by atoms with E-state index in [-0.39, 0.29) is 11.6 Å². The molecule has 0 heterocycles. The monoisotopic (exact) mass is 679 g/mol. The third-order valence-electron chi connectivity index (χ3n) is 7.25. The number of amides is 3. The van der Waals surface area contributed by atoms with Gasteiger partial charge in [0.25, 0.3) is 11.8 Å². The number of rotatable bonds is 10. The van der Waals surface area contributed by atoms with Crippen LogP contribution in [0.5, 0.6) is 0 Å². The molecule has 5 aromatic carbocycles. The van der Waals surface area contributed by atoms with Crippen molar-refractivity contribution in [3.63, 3.8) is 0 Å². The maximum atomic E-state index is 13.6. The summed E-state index contributed by atoms with van der Waals surface area (Å²) in [5.41, 5.74) is 5.13. The molecule has 9 heteroatoms. The summed E-state index contributed by atoms with van der Waals surface area (Å²) >= 11 is 13.8. The van der Waals surface area contributed by atoms with Gasteiger partial charge in [-0.25, -0.2) is 0 Å². The molecule has 0 aromatic heterocycles. The van der Waals surface area contributed by atoms with E-state index in [2.05, 4.69) is 16.0 Å². The predicted molar refractivity (Wildman–Crippen MR) is 193 cm³/mol. The fourth-order valence-electron chi connectivity index (χ4n) is 4.63. The van der Waals surface area contributed by atoms with Crippen LogP contribution in [0.3, 0.4) is 0 Å². The number of halogens is 2. The molecule has 5 aromatic rings. The molecule has 0 saturated carbocycles.